The third-order valence-electron chi connectivity index (χ3n) is 4.85. The Hall–Kier alpha value is -3.06. The van der Waals surface area contributed by atoms with Crippen molar-refractivity contribution in [2.75, 3.05) is 19.0 Å². The molecule has 1 aliphatic rings. The van der Waals surface area contributed by atoms with E-state index >= 15 is 0 Å². The summed E-state index contributed by atoms with van der Waals surface area (Å²) in [6.07, 6.45) is 0.861. The van der Waals surface area contributed by atoms with E-state index in [4.69, 9.17) is 16.3 Å². The van der Waals surface area contributed by atoms with Crippen molar-refractivity contribution in [1.82, 2.24) is 20.4 Å². The maximum Gasteiger partial charge on any atom is 0.272 e. The standard InChI is InChI=1S/C21H21ClN4O3/c22-12-19(27)23-13-18(16-7-6-14-4-1-2-5-15(14)10-16)24-21(28)17-11-20-26(25-17)8-3-9-29-20/h1-2,4-7,10-11,18H,3,8-9,12-13H2,(H,23,27)(H,24,28). The summed E-state index contributed by atoms with van der Waals surface area (Å²) >= 11 is 5.59. The van der Waals surface area contributed by atoms with Gasteiger partial charge in [-0.3, -0.25) is 9.59 Å². The number of rotatable bonds is 6. The summed E-state index contributed by atoms with van der Waals surface area (Å²) in [5.74, 6) is -0.158. The molecule has 8 heteroatoms. The van der Waals surface area contributed by atoms with E-state index in [1.807, 2.05) is 42.5 Å². The van der Waals surface area contributed by atoms with Gasteiger partial charge in [-0.25, -0.2) is 4.68 Å². The highest BCUT2D eigenvalue weighted by molar-refractivity contribution is 6.27. The average molecular weight is 413 g/mol. The molecule has 0 bridgehead atoms. The van der Waals surface area contributed by atoms with Crippen LogP contribution in [0.2, 0.25) is 0 Å². The molecule has 7 nitrogen and oxygen atoms in total. The monoisotopic (exact) mass is 412 g/mol. The molecule has 1 aromatic heterocycles. The highest BCUT2D eigenvalue weighted by atomic mass is 35.5. The van der Waals surface area contributed by atoms with Gasteiger partial charge in [-0.1, -0.05) is 36.4 Å². The van der Waals surface area contributed by atoms with Crippen molar-refractivity contribution in [1.29, 1.82) is 0 Å². The second-order valence-corrected chi connectivity index (χ2v) is 7.13. The molecule has 0 radical (unpaired) electrons. The Balaban J connectivity index is 1.58. The Morgan fingerprint density at radius 3 is 2.79 bits per heavy atom. The van der Waals surface area contributed by atoms with E-state index in [9.17, 15) is 9.59 Å². The van der Waals surface area contributed by atoms with Crippen LogP contribution in [0.3, 0.4) is 0 Å². The fourth-order valence-corrected chi connectivity index (χ4v) is 3.44. The highest BCUT2D eigenvalue weighted by Crippen LogP contribution is 2.22. The lowest BCUT2D eigenvalue weighted by molar-refractivity contribution is -0.118. The van der Waals surface area contributed by atoms with E-state index in [2.05, 4.69) is 15.7 Å². The van der Waals surface area contributed by atoms with E-state index in [0.717, 1.165) is 29.3 Å². The number of aryl methyl sites for hydroxylation is 1. The van der Waals surface area contributed by atoms with Gasteiger partial charge in [-0.2, -0.15) is 5.10 Å². The largest absolute Gasteiger partial charge is 0.478 e. The van der Waals surface area contributed by atoms with Gasteiger partial charge in [0.25, 0.3) is 5.91 Å². The zero-order valence-electron chi connectivity index (χ0n) is 15.7. The van der Waals surface area contributed by atoms with Crippen molar-refractivity contribution in [3.63, 3.8) is 0 Å². The van der Waals surface area contributed by atoms with Gasteiger partial charge in [-0.05, 0) is 22.4 Å². The van der Waals surface area contributed by atoms with Crippen molar-refractivity contribution < 1.29 is 14.3 Å². The van der Waals surface area contributed by atoms with Crippen LogP contribution in [0.15, 0.2) is 48.5 Å². The smallest absolute Gasteiger partial charge is 0.272 e. The Morgan fingerprint density at radius 2 is 2.00 bits per heavy atom. The maximum absolute atomic E-state index is 12.8. The van der Waals surface area contributed by atoms with Gasteiger partial charge >= 0.3 is 0 Å². The van der Waals surface area contributed by atoms with Crippen LogP contribution >= 0.6 is 11.6 Å². The second kappa shape index (κ2) is 8.53. The van der Waals surface area contributed by atoms with Gasteiger partial charge in [0.2, 0.25) is 11.8 Å². The number of nitrogens with zero attached hydrogens (tertiary/aromatic N) is 2. The fraction of sp³-hybridized carbons (Fsp3) is 0.286. The summed E-state index contributed by atoms with van der Waals surface area (Å²) in [7, 11) is 0. The number of halogens is 1. The van der Waals surface area contributed by atoms with Crippen LogP contribution in [0.1, 0.15) is 28.5 Å². The molecule has 150 valence electrons. The lowest BCUT2D eigenvalue weighted by Crippen LogP contribution is -2.38. The first kappa shape index (κ1) is 19.3. The second-order valence-electron chi connectivity index (χ2n) is 6.86. The molecule has 2 N–H and O–H groups in total. The Morgan fingerprint density at radius 1 is 1.17 bits per heavy atom. The molecular formula is C21H21ClN4O3. The number of fused-ring (bicyclic) bond motifs is 2. The molecule has 0 aliphatic carbocycles. The SMILES string of the molecule is O=C(CCl)NCC(NC(=O)c1cc2n(n1)CCCO2)c1ccc2ccccc2c1. The molecule has 0 fully saturated rings. The van der Waals surface area contributed by atoms with Crippen molar-refractivity contribution in [2.45, 2.75) is 19.0 Å². The van der Waals surface area contributed by atoms with Crippen LogP contribution in [0.5, 0.6) is 5.88 Å². The molecule has 4 rings (SSSR count). The van der Waals surface area contributed by atoms with Gasteiger partial charge < -0.3 is 15.4 Å². The summed E-state index contributed by atoms with van der Waals surface area (Å²) in [6.45, 7) is 1.57. The number of nitrogens with one attached hydrogen (secondary N) is 2. The van der Waals surface area contributed by atoms with Gasteiger partial charge in [0.15, 0.2) is 5.69 Å². The number of hydrogen-bond acceptors (Lipinski definition) is 4. The Kier molecular flexibility index (Phi) is 5.67. The molecule has 2 aromatic carbocycles. The zero-order valence-corrected chi connectivity index (χ0v) is 16.5. The number of carbonyl (C=O) groups is 2. The topological polar surface area (TPSA) is 85.3 Å². The summed E-state index contributed by atoms with van der Waals surface area (Å²) < 4.78 is 7.23. The van der Waals surface area contributed by atoms with Gasteiger partial charge in [-0.15, -0.1) is 11.6 Å². The first-order valence-corrected chi connectivity index (χ1v) is 10.0. The first-order valence-electron chi connectivity index (χ1n) is 9.47. The third kappa shape index (κ3) is 4.35. The summed E-state index contributed by atoms with van der Waals surface area (Å²) in [5, 5.41) is 12.2. The van der Waals surface area contributed by atoms with Crippen molar-refractivity contribution >= 4 is 34.2 Å². The molecular weight excluding hydrogens is 392 g/mol. The fourth-order valence-electron chi connectivity index (χ4n) is 3.35. The van der Waals surface area contributed by atoms with Crippen LogP contribution < -0.4 is 15.4 Å². The quantitative estimate of drug-likeness (QED) is 0.609. The number of ether oxygens (including phenoxy) is 1. The molecule has 0 saturated heterocycles. The number of benzene rings is 2. The molecule has 2 amide bonds. The summed E-state index contributed by atoms with van der Waals surface area (Å²) in [5.41, 5.74) is 1.17. The number of amides is 2. The van der Waals surface area contributed by atoms with Crippen LogP contribution in [0, 0.1) is 0 Å². The number of carbonyl (C=O) groups excluding carboxylic acids is 2. The predicted octanol–water partition coefficient (Wildman–Crippen LogP) is 2.64. The molecule has 3 aromatic rings. The van der Waals surface area contributed by atoms with Gasteiger partial charge in [0.05, 0.1) is 12.6 Å². The van der Waals surface area contributed by atoms with Gasteiger partial charge in [0.1, 0.15) is 5.88 Å². The lowest BCUT2D eigenvalue weighted by Gasteiger charge is -2.20. The Labute approximate surface area is 173 Å². The summed E-state index contributed by atoms with van der Waals surface area (Å²) in [6, 6.07) is 15.1. The minimum Gasteiger partial charge on any atom is -0.478 e. The Bertz CT molecular complexity index is 1030. The molecule has 1 aliphatic heterocycles. The van der Waals surface area contributed by atoms with E-state index in [1.165, 1.54) is 0 Å². The normalized spacial score (nSPS) is 14.0. The van der Waals surface area contributed by atoms with E-state index in [1.54, 1.807) is 10.7 Å². The van der Waals surface area contributed by atoms with Crippen LogP contribution in [0.25, 0.3) is 10.8 Å². The zero-order chi connectivity index (χ0) is 20.2. The lowest BCUT2D eigenvalue weighted by atomic mass is 10.0. The minimum atomic E-state index is -0.432. The predicted molar refractivity (Wildman–Crippen MR) is 110 cm³/mol. The maximum atomic E-state index is 12.8. The molecule has 0 saturated carbocycles. The average Bonchev–Trinajstić information content (AvgIpc) is 3.20. The van der Waals surface area contributed by atoms with Crippen LogP contribution in [-0.2, 0) is 11.3 Å². The van der Waals surface area contributed by atoms with Crippen molar-refractivity contribution in [3.8, 4) is 5.88 Å². The molecule has 2 heterocycles. The van der Waals surface area contributed by atoms with Gasteiger partial charge in [0, 0.05) is 25.6 Å². The number of aromatic nitrogens is 2. The van der Waals surface area contributed by atoms with Crippen LogP contribution in [0.4, 0.5) is 0 Å². The first-order chi connectivity index (χ1) is 14.1. The number of alkyl halides is 1. The summed E-state index contributed by atoms with van der Waals surface area (Å²) in [4.78, 5) is 24.5. The molecule has 1 unspecified atom stereocenters. The highest BCUT2D eigenvalue weighted by Gasteiger charge is 2.22. The van der Waals surface area contributed by atoms with E-state index in [0.29, 0.717) is 12.5 Å². The molecule has 29 heavy (non-hydrogen) atoms. The van der Waals surface area contributed by atoms with Crippen molar-refractivity contribution in [3.05, 3.63) is 59.8 Å². The molecule has 1 atom stereocenters. The van der Waals surface area contributed by atoms with Crippen LogP contribution in [-0.4, -0.2) is 40.6 Å². The third-order valence-corrected chi connectivity index (χ3v) is 5.09. The van der Waals surface area contributed by atoms with E-state index in [-0.39, 0.29) is 29.9 Å². The number of hydrogen-bond donors (Lipinski definition) is 2. The van der Waals surface area contributed by atoms with Crippen molar-refractivity contribution in [2.24, 2.45) is 0 Å². The minimum absolute atomic E-state index is 0.135. The van der Waals surface area contributed by atoms with E-state index < -0.39 is 6.04 Å². The molecule has 0 spiro atoms.